The summed E-state index contributed by atoms with van der Waals surface area (Å²) in [7, 11) is 0. The first-order chi connectivity index (χ1) is 7.51. The second kappa shape index (κ2) is 5.29. The van der Waals surface area contributed by atoms with Crippen molar-refractivity contribution in [2.24, 2.45) is 0 Å². The Kier molecular flexibility index (Phi) is 4.28. The summed E-state index contributed by atoms with van der Waals surface area (Å²) in [5.74, 6) is 0.212. The number of cyclic esters (lactones) is 2. The molecule has 0 radical (unpaired) electrons. The molecule has 1 fully saturated rings. The molecule has 0 amide bonds. The van der Waals surface area contributed by atoms with Crippen molar-refractivity contribution in [2.45, 2.75) is 32.2 Å². The molecule has 1 aliphatic heterocycles. The average molecular weight is 232 g/mol. The van der Waals surface area contributed by atoms with E-state index in [0.717, 1.165) is 0 Å². The summed E-state index contributed by atoms with van der Waals surface area (Å²) >= 11 is 0. The Hall–Kier alpha value is -1.11. The predicted molar refractivity (Wildman–Crippen MR) is 53.3 cm³/mol. The van der Waals surface area contributed by atoms with Gasteiger partial charge in [-0.15, -0.1) is 0 Å². The highest BCUT2D eigenvalue weighted by Crippen LogP contribution is 2.34. The van der Waals surface area contributed by atoms with Crippen molar-refractivity contribution in [3.05, 3.63) is 12.3 Å². The number of aliphatic hydroxyl groups is 1. The molecule has 0 spiro atoms. The van der Waals surface area contributed by atoms with Gasteiger partial charge in [-0.1, -0.05) is 6.58 Å². The van der Waals surface area contributed by atoms with E-state index in [-0.39, 0.29) is 12.2 Å². The largest absolute Gasteiger partial charge is 0.514 e. The number of hydrogen-bond donors (Lipinski definition) is 1. The number of rotatable bonds is 6. The van der Waals surface area contributed by atoms with Crippen molar-refractivity contribution in [1.29, 1.82) is 0 Å². The van der Waals surface area contributed by atoms with Crippen LogP contribution in [0.25, 0.3) is 0 Å². The van der Waals surface area contributed by atoms with Gasteiger partial charge in [-0.05, 0) is 13.8 Å². The van der Waals surface area contributed by atoms with Gasteiger partial charge >= 0.3 is 6.16 Å². The predicted octanol–water partition coefficient (Wildman–Crippen LogP) is 1.14. The fourth-order valence-electron chi connectivity index (χ4n) is 1.38. The molecule has 0 aliphatic carbocycles. The molecule has 1 rings (SSSR count). The molecule has 0 aromatic rings. The number of aliphatic hydroxyl groups excluding tert-OH is 1. The first-order valence-electron chi connectivity index (χ1n) is 4.96. The van der Waals surface area contributed by atoms with Crippen LogP contribution in [-0.4, -0.2) is 36.6 Å². The van der Waals surface area contributed by atoms with Crippen LogP contribution in [0, 0.1) is 0 Å². The first kappa shape index (κ1) is 13.0. The average Bonchev–Trinajstić information content (AvgIpc) is 2.41. The number of hydrogen-bond acceptors (Lipinski definition) is 6. The molecule has 0 aromatic carbocycles. The van der Waals surface area contributed by atoms with Gasteiger partial charge in [0.05, 0.1) is 0 Å². The molecule has 1 heterocycles. The maximum Gasteiger partial charge on any atom is 0.514 e. The van der Waals surface area contributed by atoms with Crippen molar-refractivity contribution in [3.8, 4) is 0 Å². The molecule has 16 heavy (non-hydrogen) atoms. The highest BCUT2D eigenvalue weighted by atomic mass is 16.8. The molecule has 1 N–H and O–H groups in total. The van der Waals surface area contributed by atoms with Gasteiger partial charge in [-0.2, -0.15) is 0 Å². The second-order valence-corrected chi connectivity index (χ2v) is 3.49. The summed E-state index contributed by atoms with van der Waals surface area (Å²) in [6.45, 7) is 6.98. The smallest absolute Gasteiger partial charge is 0.419 e. The Morgan fingerprint density at radius 3 is 2.69 bits per heavy atom. The fourth-order valence-corrected chi connectivity index (χ4v) is 1.38. The van der Waals surface area contributed by atoms with Gasteiger partial charge in [0.1, 0.15) is 12.6 Å². The summed E-state index contributed by atoms with van der Waals surface area (Å²) < 4.78 is 19.8. The SMILES string of the molecule is C=C1OC(=O)OC1(C)CC(OCC)OCO. The van der Waals surface area contributed by atoms with Gasteiger partial charge in [0.25, 0.3) is 0 Å². The van der Waals surface area contributed by atoms with E-state index in [0.29, 0.717) is 6.61 Å². The van der Waals surface area contributed by atoms with Crippen LogP contribution in [0.1, 0.15) is 20.3 Å². The highest BCUT2D eigenvalue weighted by molar-refractivity contribution is 5.66. The lowest BCUT2D eigenvalue weighted by Gasteiger charge is -2.25. The molecular formula is C10H16O6. The van der Waals surface area contributed by atoms with Crippen LogP contribution in [0.2, 0.25) is 0 Å². The van der Waals surface area contributed by atoms with E-state index >= 15 is 0 Å². The van der Waals surface area contributed by atoms with E-state index in [4.69, 9.17) is 24.1 Å². The van der Waals surface area contributed by atoms with E-state index in [1.165, 1.54) is 0 Å². The third kappa shape index (κ3) is 2.94. The van der Waals surface area contributed by atoms with Crippen molar-refractivity contribution in [1.82, 2.24) is 0 Å². The molecule has 0 bridgehead atoms. The highest BCUT2D eigenvalue weighted by Gasteiger charge is 2.44. The lowest BCUT2D eigenvalue weighted by atomic mass is 10.0. The van der Waals surface area contributed by atoms with E-state index in [2.05, 4.69) is 6.58 Å². The quantitative estimate of drug-likeness (QED) is 0.547. The molecule has 92 valence electrons. The minimum Gasteiger partial charge on any atom is -0.419 e. The minimum absolute atomic E-state index is 0.212. The zero-order chi connectivity index (χ0) is 12.2. The van der Waals surface area contributed by atoms with E-state index in [1.54, 1.807) is 13.8 Å². The Morgan fingerprint density at radius 1 is 1.56 bits per heavy atom. The fraction of sp³-hybridized carbons (Fsp3) is 0.700. The summed E-state index contributed by atoms with van der Waals surface area (Å²) in [6, 6.07) is 0. The first-order valence-corrected chi connectivity index (χ1v) is 4.96. The van der Waals surface area contributed by atoms with Gasteiger partial charge in [0.2, 0.25) is 0 Å². The van der Waals surface area contributed by atoms with Crippen molar-refractivity contribution in [2.75, 3.05) is 13.4 Å². The maximum absolute atomic E-state index is 10.9. The van der Waals surface area contributed by atoms with Crippen LogP contribution < -0.4 is 0 Å². The number of carbonyl (C=O) groups excluding carboxylic acids is 1. The van der Waals surface area contributed by atoms with Crippen LogP contribution in [0.4, 0.5) is 4.79 Å². The van der Waals surface area contributed by atoms with Crippen molar-refractivity contribution in [3.63, 3.8) is 0 Å². The topological polar surface area (TPSA) is 74.2 Å². The third-order valence-electron chi connectivity index (χ3n) is 2.27. The van der Waals surface area contributed by atoms with Crippen LogP contribution in [0.5, 0.6) is 0 Å². The van der Waals surface area contributed by atoms with Crippen LogP contribution in [0.15, 0.2) is 12.3 Å². The van der Waals surface area contributed by atoms with Gasteiger partial charge in [-0.3, -0.25) is 0 Å². The lowest BCUT2D eigenvalue weighted by Crippen LogP contribution is -2.34. The second-order valence-electron chi connectivity index (χ2n) is 3.49. The molecule has 6 nitrogen and oxygen atoms in total. The molecule has 0 saturated carbocycles. The third-order valence-corrected chi connectivity index (χ3v) is 2.27. The molecule has 2 unspecified atom stereocenters. The van der Waals surface area contributed by atoms with E-state index < -0.39 is 24.8 Å². The Labute approximate surface area is 93.7 Å². The number of ether oxygens (including phenoxy) is 4. The molecule has 0 aromatic heterocycles. The van der Waals surface area contributed by atoms with E-state index in [9.17, 15) is 4.79 Å². The minimum atomic E-state index is -0.980. The van der Waals surface area contributed by atoms with Gasteiger partial charge in [0.15, 0.2) is 11.9 Å². The molecule has 6 heteroatoms. The summed E-state index contributed by atoms with van der Waals surface area (Å²) in [4.78, 5) is 10.9. The monoisotopic (exact) mass is 232 g/mol. The van der Waals surface area contributed by atoms with Gasteiger partial charge in [-0.25, -0.2) is 4.79 Å². The van der Waals surface area contributed by atoms with Gasteiger partial charge in [0, 0.05) is 13.0 Å². The summed E-state index contributed by atoms with van der Waals surface area (Å²) in [6.07, 6.45) is -1.25. The molecule has 1 aliphatic rings. The van der Waals surface area contributed by atoms with Crippen molar-refractivity contribution < 1.29 is 28.8 Å². The van der Waals surface area contributed by atoms with E-state index in [1.807, 2.05) is 0 Å². The Bertz CT molecular complexity index is 270. The molecular weight excluding hydrogens is 216 g/mol. The molecule has 1 saturated heterocycles. The summed E-state index contributed by atoms with van der Waals surface area (Å²) in [5.41, 5.74) is -0.980. The Balaban J connectivity index is 2.62. The van der Waals surface area contributed by atoms with Crippen LogP contribution in [-0.2, 0) is 18.9 Å². The van der Waals surface area contributed by atoms with Crippen LogP contribution >= 0.6 is 0 Å². The Morgan fingerprint density at radius 2 is 2.25 bits per heavy atom. The standard InChI is InChI=1S/C10H16O6/c1-4-13-8(14-6-11)5-10(3)7(2)15-9(12)16-10/h8,11H,2,4-6H2,1,3H3. The maximum atomic E-state index is 10.9. The van der Waals surface area contributed by atoms with Gasteiger partial charge < -0.3 is 24.1 Å². The summed E-state index contributed by atoms with van der Waals surface area (Å²) in [5, 5.41) is 8.68. The number of carbonyl (C=O) groups is 1. The zero-order valence-corrected chi connectivity index (χ0v) is 9.39. The lowest BCUT2D eigenvalue weighted by molar-refractivity contribution is -0.195. The normalized spacial score (nSPS) is 26.4. The molecule has 2 atom stereocenters. The zero-order valence-electron chi connectivity index (χ0n) is 9.39. The van der Waals surface area contributed by atoms with Crippen molar-refractivity contribution >= 4 is 6.16 Å². The van der Waals surface area contributed by atoms with Crippen LogP contribution in [0.3, 0.4) is 0 Å².